The summed E-state index contributed by atoms with van der Waals surface area (Å²) in [5.74, 6) is -0.189. The van der Waals surface area contributed by atoms with Crippen LogP contribution in [0.25, 0.3) is 0 Å². The molecule has 1 aliphatic rings. The van der Waals surface area contributed by atoms with Crippen LogP contribution in [0.3, 0.4) is 0 Å². The standard InChI is InChI=1S/C15H22N2O3S/c1-4-20-13(19)11-12(10(3)18)21-14(17-11)15(16)7-5-6-9(2)8-15/h9H,4-8,16H2,1-3H3. The third-order valence-electron chi connectivity index (χ3n) is 3.87. The number of ketones is 1. The summed E-state index contributed by atoms with van der Waals surface area (Å²) in [6.07, 6.45) is 3.88. The van der Waals surface area contributed by atoms with Crippen LogP contribution < -0.4 is 5.73 Å². The van der Waals surface area contributed by atoms with Crippen LogP contribution >= 0.6 is 11.3 Å². The molecule has 2 rings (SSSR count). The van der Waals surface area contributed by atoms with E-state index in [1.165, 1.54) is 18.3 Å². The molecule has 6 heteroatoms. The summed E-state index contributed by atoms with van der Waals surface area (Å²) in [6.45, 7) is 5.60. The monoisotopic (exact) mass is 310 g/mol. The number of Topliss-reactive ketones (excluding diaryl/α,β-unsaturated/α-hetero) is 1. The van der Waals surface area contributed by atoms with Crippen molar-refractivity contribution in [2.75, 3.05) is 6.61 Å². The minimum atomic E-state index is -0.544. The number of nitrogens with zero attached hydrogens (tertiary/aromatic N) is 1. The molecule has 0 saturated heterocycles. The van der Waals surface area contributed by atoms with Gasteiger partial charge in [0, 0.05) is 6.92 Å². The number of thiazole rings is 1. The molecule has 0 spiro atoms. The number of rotatable bonds is 4. The first kappa shape index (κ1) is 16.1. The zero-order chi connectivity index (χ0) is 15.6. The number of carbonyl (C=O) groups excluding carboxylic acids is 2. The fourth-order valence-corrected chi connectivity index (χ4v) is 3.98. The minimum absolute atomic E-state index is 0.118. The SMILES string of the molecule is CCOC(=O)c1nc(C2(N)CCCC(C)C2)sc1C(C)=O. The van der Waals surface area contributed by atoms with Crippen molar-refractivity contribution in [3.63, 3.8) is 0 Å². The van der Waals surface area contributed by atoms with Crippen LogP contribution in [0.2, 0.25) is 0 Å². The fraction of sp³-hybridized carbons (Fsp3) is 0.667. The summed E-state index contributed by atoms with van der Waals surface area (Å²) in [6, 6.07) is 0. The van der Waals surface area contributed by atoms with Crippen LogP contribution in [0.4, 0.5) is 0 Å². The zero-order valence-electron chi connectivity index (χ0n) is 12.8. The van der Waals surface area contributed by atoms with E-state index in [9.17, 15) is 9.59 Å². The first-order chi connectivity index (χ1) is 9.87. The van der Waals surface area contributed by atoms with E-state index < -0.39 is 11.5 Å². The van der Waals surface area contributed by atoms with Gasteiger partial charge in [-0.2, -0.15) is 0 Å². The van der Waals surface area contributed by atoms with Crippen molar-refractivity contribution in [2.24, 2.45) is 11.7 Å². The molecule has 5 nitrogen and oxygen atoms in total. The molecule has 1 heterocycles. The average Bonchev–Trinajstić information content (AvgIpc) is 2.84. The molecule has 1 aromatic rings. The lowest BCUT2D eigenvalue weighted by Gasteiger charge is -2.35. The topological polar surface area (TPSA) is 82.3 Å². The van der Waals surface area contributed by atoms with E-state index in [1.807, 2.05) is 0 Å². The Labute approximate surface area is 128 Å². The van der Waals surface area contributed by atoms with Crippen molar-refractivity contribution in [3.05, 3.63) is 15.6 Å². The van der Waals surface area contributed by atoms with Gasteiger partial charge in [0.2, 0.25) is 0 Å². The van der Waals surface area contributed by atoms with Crippen molar-refractivity contribution >= 4 is 23.1 Å². The van der Waals surface area contributed by atoms with Gasteiger partial charge in [-0.25, -0.2) is 9.78 Å². The molecule has 1 saturated carbocycles. The van der Waals surface area contributed by atoms with Gasteiger partial charge in [-0.3, -0.25) is 4.79 Å². The molecule has 1 fully saturated rings. The van der Waals surface area contributed by atoms with E-state index in [2.05, 4.69) is 11.9 Å². The van der Waals surface area contributed by atoms with Gasteiger partial charge < -0.3 is 10.5 Å². The number of carbonyl (C=O) groups is 2. The van der Waals surface area contributed by atoms with Gasteiger partial charge in [0.1, 0.15) is 9.88 Å². The molecular formula is C15H22N2O3S. The van der Waals surface area contributed by atoms with Crippen LogP contribution in [-0.2, 0) is 10.3 Å². The molecule has 1 aliphatic carbocycles. The first-order valence-electron chi connectivity index (χ1n) is 7.35. The highest BCUT2D eigenvalue weighted by atomic mass is 32.1. The average molecular weight is 310 g/mol. The lowest BCUT2D eigenvalue weighted by Crippen LogP contribution is -2.41. The zero-order valence-corrected chi connectivity index (χ0v) is 13.6. The Morgan fingerprint density at radius 3 is 2.81 bits per heavy atom. The summed E-state index contributed by atoms with van der Waals surface area (Å²) in [5.41, 5.74) is 6.10. The lowest BCUT2D eigenvalue weighted by molar-refractivity contribution is 0.0517. The second-order valence-electron chi connectivity index (χ2n) is 5.83. The second kappa shape index (κ2) is 6.23. The molecule has 0 radical (unpaired) electrons. The molecule has 2 unspecified atom stereocenters. The summed E-state index contributed by atoms with van der Waals surface area (Å²) in [5, 5.41) is 0.683. The Kier molecular flexibility index (Phi) is 4.78. The van der Waals surface area contributed by atoms with E-state index in [4.69, 9.17) is 10.5 Å². The molecule has 2 atom stereocenters. The maximum atomic E-state index is 12.0. The quantitative estimate of drug-likeness (QED) is 0.683. The Balaban J connectivity index is 2.39. The highest BCUT2D eigenvalue weighted by Crippen LogP contribution is 2.40. The van der Waals surface area contributed by atoms with Gasteiger partial charge in [-0.15, -0.1) is 11.3 Å². The molecule has 0 aliphatic heterocycles. The number of nitrogens with two attached hydrogens (primary N) is 1. The van der Waals surface area contributed by atoms with Crippen LogP contribution in [0.1, 0.15) is 71.6 Å². The smallest absolute Gasteiger partial charge is 0.358 e. The predicted octanol–water partition coefficient (Wildman–Crippen LogP) is 2.89. The predicted molar refractivity (Wildman–Crippen MR) is 81.6 cm³/mol. The van der Waals surface area contributed by atoms with Crippen LogP contribution in [0, 0.1) is 5.92 Å². The largest absolute Gasteiger partial charge is 0.461 e. The van der Waals surface area contributed by atoms with Gasteiger partial charge in [0.15, 0.2) is 11.5 Å². The molecule has 21 heavy (non-hydrogen) atoms. The highest BCUT2D eigenvalue weighted by molar-refractivity contribution is 7.14. The molecule has 2 N–H and O–H groups in total. The van der Waals surface area contributed by atoms with Gasteiger partial charge in [-0.1, -0.05) is 19.8 Å². The number of aromatic nitrogens is 1. The molecule has 0 amide bonds. The van der Waals surface area contributed by atoms with Crippen molar-refractivity contribution in [1.29, 1.82) is 0 Å². The van der Waals surface area contributed by atoms with E-state index in [0.29, 0.717) is 15.8 Å². The van der Waals surface area contributed by atoms with Gasteiger partial charge in [-0.05, 0) is 25.7 Å². The summed E-state index contributed by atoms with van der Waals surface area (Å²) >= 11 is 1.24. The summed E-state index contributed by atoms with van der Waals surface area (Å²) < 4.78 is 4.99. The van der Waals surface area contributed by atoms with Crippen molar-refractivity contribution in [1.82, 2.24) is 4.98 Å². The van der Waals surface area contributed by atoms with Crippen molar-refractivity contribution in [2.45, 2.75) is 52.0 Å². The minimum Gasteiger partial charge on any atom is -0.461 e. The van der Waals surface area contributed by atoms with Gasteiger partial charge in [0.05, 0.1) is 12.1 Å². The maximum Gasteiger partial charge on any atom is 0.358 e. The fourth-order valence-electron chi connectivity index (χ4n) is 2.90. The Hall–Kier alpha value is -1.27. The third kappa shape index (κ3) is 3.32. The van der Waals surface area contributed by atoms with Crippen LogP contribution in [0.15, 0.2) is 0 Å². The normalized spacial score (nSPS) is 25.6. The maximum absolute atomic E-state index is 12.0. The molecule has 0 aromatic carbocycles. The number of hydrogen-bond acceptors (Lipinski definition) is 6. The van der Waals surface area contributed by atoms with Crippen molar-refractivity contribution in [3.8, 4) is 0 Å². The molecular weight excluding hydrogens is 288 g/mol. The number of hydrogen-bond donors (Lipinski definition) is 1. The van der Waals surface area contributed by atoms with Gasteiger partial charge in [0.25, 0.3) is 0 Å². The Morgan fingerprint density at radius 2 is 2.24 bits per heavy atom. The van der Waals surface area contributed by atoms with Crippen LogP contribution in [-0.4, -0.2) is 23.3 Å². The van der Waals surface area contributed by atoms with E-state index in [-0.39, 0.29) is 18.1 Å². The highest BCUT2D eigenvalue weighted by Gasteiger charge is 2.37. The van der Waals surface area contributed by atoms with E-state index in [0.717, 1.165) is 25.7 Å². The Morgan fingerprint density at radius 1 is 1.52 bits per heavy atom. The van der Waals surface area contributed by atoms with Crippen molar-refractivity contribution < 1.29 is 14.3 Å². The third-order valence-corrected chi connectivity index (χ3v) is 5.25. The number of ether oxygens (including phenoxy) is 1. The molecule has 1 aromatic heterocycles. The van der Waals surface area contributed by atoms with E-state index in [1.54, 1.807) is 6.92 Å². The first-order valence-corrected chi connectivity index (χ1v) is 8.17. The lowest BCUT2D eigenvalue weighted by atomic mass is 9.77. The second-order valence-corrected chi connectivity index (χ2v) is 6.83. The molecule has 116 valence electrons. The number of esters is 1. The van der Waals surface area contributed by atoms with Gasteiger partial charge >= 0.3 is 5.97 Å². The Bertz CT molecular complexity index is 555. The molecule has 0 bridgehead atoms. The van der Waals surface area contributed by atoms with Crippen LogP contribution in [0.5, 0.6) is 0 Å². The van der Waals surface area contributed by atoms with E-state index >= 15 is 0 Å². The summed E-state index contributed by atoms with van der Waals surface area (Å²) in [4.78, 5) is 28.5. The summed E-state index contributed by atoms with van der Waals surface area (Å²) in [7, 11) is 0.